The fourth-order valence-corrected chi connectivity index (χ4v) is 1.26. The molecule has 1 aromatic heterocycles. The van der Waals surface area contributed by atoms with Crippen LogP contribution in [0, 0.1) is 0 Å². The quantitative estimate of drug-likeness (QED) is 0.725. The fraction of sp³-hybridized carbons (Fsp3) is 0.222. The van der Waals surface area contributed by atoms with Gasteiger partial charge in [-0.25, -0.2) is 0 Å². The number of aromatic amines is 1. The lowest BCUT2D eigenvalue weighted by Crippen LogP contribution is -1.97. The summed E-state index contributed by atoms with van der Waals surface area (Å²) in [7, 11) is 0. The van der Waals surface area contributed by atoms with Crippen molar-refractivity contribution in [1.29, 1.82) is 0 Å². The van der Waals surface area contributed by atoms with Crippen molar-refractivity contribution in [2.45, 2.75) is 6.92 Å². The first kappa shape index (κ1) is 9.45. The molecule has 0 saturated carbocycles. The van der Waals surface area contributed by atoms with Gasteiger partial charge in [0.15, 0.2) is 0 Å². The number of nitrogens with zero attached hydrogens (tertiary/aromatic N) is 3. The van der Waals surface area contributed by atoms with Crippen LogP contribution in [0.4, 0.5) is 5.69 Å². The molecule has 0 radical (unpaired) electrons. The maximum Gasteiger partial charge on any atom is 0.204 e. The molecule has 0 aliphatic rings. The molecule has 3 N–H and O–H groups in total. The van der Waals surface area contributed by atoms with Gasteiger partial charge in [-0.15, -0.1) is 10.2 Å². The highest BCUT2D eigenvalue weighted by atomic mass is 16.5. The van der Waals surface area contributed by atoms with E-state index in [9.17, 15) is 0 Å². The minimum Gasteiger partial charge on any atom is -0.492 e. The second kappa shape index (κ2) is 3.95. The maximum absolute atomic E-state index is 5.80. The number of ether oxygens (including phenoxy) is 1. The van der Waals surface area contributed by atoms with E-state index in [2.05, 4.69) is 20.6 Å². The summed E-state index contributed by atoms with van der Waals surface area (Å²) >= 11 is 0. The number of nitrogens with one attached hydrogen (secondary N) is 1. The largest absolute Gasteiger partial charge is 0.492 e. The van der Waals surface area contributed by atoms with Gasteiger partial charge in [0.2, 0.25) is 5.82 Å². The first-order valence-corrected chi connectivity index (χ1v) is 4.57. The minimum absolute atomic E-state index is 0.518. The van der Waals surface area contributed by atoms with Gasteiger partial charge in [0, 0.05) is 5.56 Å². The molecule has 6 nitrogen and oxygen atoms in total. The van der Waals surface area contributed by atoms with Crippen LogP contribution >= 0.6 is 0 Å². The topological polar surface area (TPSA) is 89.7 Å². The number of H-pyrrole nitrogens is 1. The Balaban J connectivity index is 2.33. The van der Waals surface area contributed by atoms with Crippen molar-refractivity contribution in [3.63, 3.8) is 0 Å². The third kappa shape index (κ3) is 1.88. The highest BCUT2D eigenvalue weighted by molar-refractivity contribution is 5.65. The van der Waals surface area contributed by atoms with E-state index >= 15 is 0 Å². The number of anilines is 1. The third-order valence-corrected chi connectivity index (χ3v) is 1.91. The third-order valence-electron chi connectivity index (χ3n) is 1.91. The Bertz CT molecular complexity index is 440. The number of aromatic nitrogens is 4. The normalized spacial score (nSPS) is 10.2. The highest BCUT2D eigenvalue weighted by Crippen LogP contribution is 2.26. The van der Waals surface area contributed by atoms with E-state index in [-0.39, 0.29) is 0 Å². The predicted molar refractivity (Wildman–Crippen MR) is 55.2 cm³/mol. The number of hydrogen-bond donors (Lipinski definition) is 2. The van der Waals surface area contributed by atoms with Crippen LogP contribution in [-0.2, 0) is 0 Å². The van der Waals surface area contributed by atoms with Gasteiger partial charge in [-0.2, -0.15) is 5.21 Å². The molecule has 0 saturated heterocycles. The average molecular weight is 205 g/mol. The van der Waals surface area contributed by atoms with Gasteiger partial charge in [0.1, 0.15) is 5.75 Å². The Labute approximate surface area is 86.4 Å². The summed E-state index contributed by atoms with van der Waals surface area (Å²) in [4.78, 5) is 0. The summed E-state index contributed by atoms with van der Waals surface area (Å²) < 4.78 is 5.32. The van der Waals surface area contributed by atoms with Crippen LogP contribution < -0.4 is 10.5 Å². The molecule has 0 aliphatic heterocycles. The standard InChI is InChI=1S/C9H11N5O/c1-2-15-8-4-3-6(5-7(8)10)9-11-13-14-12-9/h3-5H,2,10H2,1H3,(H,11,12,13,14). The first-order valence-electron chi connectivity index (χ1n) is 4.57. The van der Waals surface area contributed by atoms with Gasteiger partial charge in [-0.3, -0.25) is 0 Å². The lowest BCUT2D eigenvalue weighted by Gasteiger charge is -2.06. The molecule has 2 aromatic rings. The SMILES string of the molecule is CCOc1ccc(-c2nn[nH]n2)cc1N. The van der Waals surface area contributed by atoms with E-state index in [1.54, 1.807) is 12.1 Å². The minimum atomic E-state index is 0.518. The Kier molecular flexibility index (Phi) is 2.49. The second-order valence-corrected chi connectivity index (χ2v) is 2.92. The van der Waals surface area contributed by atoms with Crippen LogP contribution in [-0.4, -0.2) is 27.2 Å². The van der Waals surface area contributed by atoms with E-state index in [0.29, 0.717) is 23.9 Å². The van der Waals surface area contributed by atoms with Crippen molar-refractivity contribution < 1.29 is 4.74 Å². The number of nitrogens with two attached hydrogens (primary N) is 1. The monoisotopic (exact) mass is 205 g/mol. The number of hydrogen-bond acceptors (Lipinski definition) is 5. The maximum atomic E-state index is 5.80. The molecule has 0 fully saturated rings. The molecule has 0 atom stereocenters. The van der Waals surface area contributed by atoms with Crippen molar-refractivity contribution in [3.05, 3.63) is 18.2 Å². The van der Waals surface area contributed by atoms with Crippen LogP contribution in [0.3, 0.4) is 0 Å². The van der Waals surface area contributed by atoms with Crippen LogP contribution in [0.25, 0.3) is 11.4 Å². The van der Waals surface area contributed by atoms with Gasteiger partial charge in [-0.05, 0) is 30.3 Å². The molecule has 2 rings (SSSR count). The molecule has 0 aliphatic carbocycles. The smallest absolute Gasteiger partial charge is 0.204 e. The summed E-state index contributed by atoms with van der Waals surface area (Å²) in [6.45, 7) is 2.50. The molecular weight excluding hydrogens is 194 g/mol. The molecule has 0 amide bonds. The van der Waals surface area contributed by atoms with Gasteiger partial charge < -0.3 is 10.5 Å². The fourth-order valence-electron chi connectivity index (χ4n) is 1.26. The number of benzene rings is 1. The van der Waals surface area contributed by atoms with Gasteiger partial charge in [-0.1, -0.05) is 0 Å². The van der Waals surface area contributed by atoms with Crippen LogP contribution in [0.15, 0.2) is 18.2 Å². The summed E-state index contributed by atoms with van der Waals surface area (Å²) in [6.07, 6.45) is 0. The first-order chi connectivity index (χ1) is 7.31. The van der Waals surface area contributed by atoms with E-state index in [1.807, 2.05) is 13.0 Å². The van der Waals surface area contributed by atoms with Crippen LogP contribution in [0.2, 0.25) is 0 Å². The average Bonchev–Trinajstić information content (AvgIpc) is 2.74. The van der Waals surface area contributed by atoms with Gasteiger partial charge in [0.05, 0.1) is 12.3 Å². The molecule has 1 heterocycles. The van der Waals surface area contributed by atoms with Crippen molar-refractivity contribution in [1.82, 2.24) is 20.6 Å². The molecule has 0 bridgehead atoms. The summed E-state index contributed by atoms with van der Waals surface area (Å²) in [6, 6.07) is 5.40. The zero-order chi connectivity index (χ0) is 10.7. The summed E-state index contributed by atoms with van der Waals surface area (Å²) in [5.74, 6) is 1.19. The Morgan fingerprint density at radius 1 is 1.47 bits per heavy atom. The van der Waals surface area contributed by atoms with Crippen molar-refractivity contribution in [2.75, 3.05) is 12.3 Å². The Hall–Kier alpha value is -2.11. The summed E-state index contributed by atoms with van der Waals surface area (Å²) in [5.41, 5.74) is 7.18. The van der Waals surface area contributed by atoms with Gasteiger partial charge >= 0.3 is 0 Å². The van der Waals surface area contributed by atoms with Crippen LogP contribution in [0.1, 0.15) is 6.92 Å². The zero-order valence-corrected chi connectivity index (χ0v) is 8.27. The molecular formula is C9H11N5O. The predicted octanol–water partition coefficient (Wildman–Crippen LogP) is 0.848. The number of nitrogen functional groups attached to an aromatic ring is 1. The van der Waals surface area contributed by atoms with Gasteiger partial charge in [0.25, 0.3) is 0 Å². The van der Waals surface area contributed by atoms with E-state index in [4.69, 9.17) is 10.5 Å². The molecule has 15 heavy (non-hydrogen) atoms. The van der Waals surface area contributed by atoms with E-state index in [1.165, 1.54) is 0 Å². The molecule has 1 aromatic carbocycles. The number of rotatable bonds is 3. The zero-order valence-electron chi connectivity index (χ0n) is 8.27. The Morgan fingerprint density at radius 3 is 2.93 bits per heavy atom. The van der Waals surface area contributed by atoms with Crippen molar-refractivity contribution >= 4 is 5.69 Å². The van der Waals surface area contributed by atoms with E-state index < -0.39 is 0 Å². The molecule has 78 valence electrons. The van der Waals surface area contributed by atoms with Crippen molar-refractivity contribution in [2.24, 2.45) is 0 Å². The summed E-state index contributed by atoms with van der Waals surface area (Å²) in [5, 5.41) is 13.6. The molecule has 6 heteroatoms. The lowest BCUT2D eigenvalue weighted by atomic mass is 10.2. The van der Waals surface area contributed by atoms with Crippen LogP contribution in [0.5, 0.6) is 5.75 Å². The Morgan fingerprint density at radius 2 is 2.33 bits per heavy atom. The second-order valence-electron chi connectivity index (χ2n) is 2.92. The van der Waals surface area contributed by atoms with E-state index in [0.717, 1.165) is 5.56 Å². The lowest BCUT2D eigenvalue weighted by molar-refractivity contribution is 0.342. The molecule has 0 spiro atoms. The van der Waals surface area contributed by atoms with Crippen molar-refractivity contribution in [3.8, 4) is 17.1 Å². The number of tetrazole rings is 1. The highest BCUT2D eigenvalue weighted by Gasteiger charge is 2.06. The molecule has 0 unspecified atom stereocenters.